The summed E-state index contributed by atoms with van der Waals surface area (Å²) in [6.45, 7) is 1.26. The molecule has 0 atom stereocenters. The molecule has 0 saturated heterocycles. The molecule has 8 heteroatoms. The highest BCUT2D eigenvalue weighted by Gasteiger charge is 2.32. The van der Waals surface area contributed by atoms with Crippen LogP contribution in [0.3, 0.4) is 0 Å². The zero-order valence-corrected chi connectivity index (χ0v) is 11.8. The molecule has 0 bridgehead atoms. The Hall–Kier alpha value is -1.50. The Kier molecular flexibility index (Phi) is 5.62. The highest BCUT2D eigenvalue weighted by molar-refractivity contribution is 6.33. The molecule has 0 fully saturated rings. The summed E-state index contributed by atoms with van der Waals surface area (Å²) in [4.78, 5) is 16.5. The fraction of sp³-hybridized carbons (Fsp3) is 0.500. The lowest BCUT2D eigenvalue weighted by Crippen LogP contribution is -2.36. The van der Waals surface area contributed by atoms with Crippen molar-refractivity contribution in [2.24, 2.45) is 0 Å². The molecular formula is C12H15ClF3N3O. The lowest BCUT2D eigenvalue weighted by molar-refractivity contribution is -0.138. The van der Waals surface area contributed by atoms with Crippen molar-refractivity contribution in [1.29, 1.82) is 0 Å². The number of pyridine rings is 1. The van der Waals surface area contributed by atoms with Gasteiger partial charge in [0, 0.05) is 19.8 Å². The van der Waals surface area contributed by atoms with Crippen molar-refractivity contribution in [3.05, 3.63) is 22.8 Å². The first kappa shape index (κ1) is 16.6. The number of carbonyl (C=O) groups excluding carboxylic acids is 1. The maximum atomic E-state index is 12.3. The molecule has 0 unspecified atom stereocenters. The van der Waals surface area contributed by atoms with E-state index in [1.807, 2.05) is 6.92 Å². The standard InChI is InChI=1S/C12H15ClF3N3O/c1-3-4-17-10-5-8(9(13)6-18-10)11(20)19(2)7-12(14,15)16/h5-6H,3-4,7H2,1-2H3,(H,17,18). The molecule has 1 amide bonds. The van der Waals surface area contributed by atoms with Crippen LogP contribution in [0.25, 0.3) is 0 Å². The molecule has 4 nitrogen and oxygen atoms in total. The molecule has 1 N–H and O–H groups in total. The van der Waals surface area contributed by atoms with Crippen LogP contribution < -0.4 is 5.32 Å². The van der Waals surface area contributed by atoms with Gasteiger partial charge in [-0.2, -0.15) is 13.2 Å². The van der Waals surface area contributed by atoms with Crippen LogP contribution in [0, 0.1) is 0 Å². The fourth-order valence-electron chi connectivity index (χ4n) is 1.50. The van der Waals surface area contributed by atoms with E-state index in [4.69, 9.17) is 11.6 Å². The Morgan fingerprint density at radius 3 is 2.70 bits per heavy atom. The highest BCUT2D eigenvalue weighted by Crippen LogP contribution is 2.22. The maximum absolute atomic E-state index is 12.3. The minimum absolute atomic E-state index is 0.00739. The molecule has 0 radical (unpaired) electrons. The predicted molar refractivity (Wildman–Crippen MR) is 71.0 cm³/mol. The quantitative estimate of drug-likeness (QED) is 0.908. The Balaban J connectivity index is 2.91. The van der Waals surface area contributed by atoms with E-state index >= 15 is 0 Å². The van der Waals surface area contributed by atoms with E-state index in [1.54, 1.807) is 0 Å². The number of carbonyl (C=O) groups is 1. The van der Waals surface area contributed by atoms with E-state index < -0.39 is 18.6 Å². The van der Waals surface area contributed by atoms with Crippen molar-refractivity contribution < 1.29 is 18.0 Å². The number of nitrogens with zero attached hydrogens (tertiary/aromatic N) is 2. The van der Waals surface area contributed by atoms with Crippen LogP contribution in [-0.2, 0) is 0 Å². The van der Waals surface area contributed by atoms with Crippen LogP contribution in [0.1, 0.15) is 23.7 Å². The third-order valence-electron chi connectivity index (χ3n) is 2.41. The van der Waals surface area contributed by atoms with Crippen molar-refractivity contribution in [3.63, 3.8) is 0 Å². The Labute approximate surface area is 119 Å². The van der Waals surface area contributed by atoms with Crippen LogP contribution in [0.4, 0.5) is 19.0 Å². The lowest BCUT2D eigenvalue weighted by Gasteiger charge is -2.19. The zero-order valence-electron chi connectivity index (χ0n) is 11.1. The minimum atomic E-state index is -4.45. The molecule has 1 aromatic heterocycles. The summed E-state index contributed by atoms with van der Waals surface area (Å²) in [6.07, 6.45) is -2.36. The van der Waals surface area contributed by atoms with Gasteiger partial charge in [0.2, 0.25) is 0 Å². The number of halogens is 4. The van der Waals surface area contributed by atoms with Gasteiger partial charge in [-0.3, -0.25) is 4.79 Å². The SMILES string of the molecule is CCCNc1cc(C(=O)N(C)CC(F)(F)F)c(Cl)cn1. The van der Waals surface area contributed by atoms with E-state index in [1.165, 1.54) is 12.3 Å². The first-order chi connectivity index (χ1) is 9.24. The number of alkyl halides is 3. The Morgan fingerprint density at radius 1 is 1.50 bits per heavy atom. The predicted octanol–water partition coefficient (Wildman–Crippen LogP) is 3.19. The molecule has 1 aromatic rings. The number of aromatic nitrogens is 1. The van der Waals surface area contributed by atoms with E-state index in [-0.39, 0.29) is 10.6 Å². The van der Waals surface area contributed by atoms with Crippen molar-refractivity contribution in [3.8, 4) is 0 Å². The van der Waals surface area contributed by atoms with Crippen molar-refractivity contribution >= 4 is 23.3 Å². The number of amides is 1. The van der Waals surface area contributed by atoms with Crippen molar-refractivity contribution in [1.82, 2.24) is 9.88 Å². The molecule has 0 aliphatic carbocycles. The van der Waals surface area contributed by atoms with Crippen molar-refractivity contribution in [2.45, 2.75) is 19.5 Å². The van der Waals surface area contributed by atoms with E-state index in [0.29, 0.717) is 17.3 Å². The van der Waals surface area contributed by atoms with Gasteiger partial charge >= 0.3 is 6.18 Å². The van der Waals surface area contributed by atoms with Crippen LogP contribution in [0.15, 0.2) is 12.3 Å². The third kappa shape index (κ3) is 4.88. The van der Waals surface area contributed by atoms with Crippen molar-refractivity contribution in [2.75, 3.05) is 25.5 Å². The first-order valence-electron chi connectivity index (χ1n) is 5.96. The molecular weight excluding hydrogens is 295 g/mol. The number of rotatable bonds is 5. The molecule has 1 rings (SSSR count). The van der Waals surface area contributed by atoms with Crippen LogP contribution in [0.5, 0.6) is 0 Å². The van der Waals surface area contributed by atoms with Gasteiger partial charge < -0.3 is 10.2 Å². The Morgan fingerprint density at radius 2 is 2.15 bits per heavy atom. The number of hydrogen-bond acceptors (Lipinski definition) is 3. The van der Waals surface area contributed by atoms with Crippen LogP contribution in [-0.4, -0.2) is 42.1 Å². The topological polar surface area (TPSA) is 45.2 Å². The molecule has 0 saturated carbocycles. The van der Waals surface area contributed by atoms with Gasteiger partial charge in [0.15, 0.2) is 0 Å². The van der Waals surface area contributed by atoms with Crippen LogP contribution >= 0.6 is 11.6 Å². The number of nitrogens with one attached hydrogen (secondary N) is 1. The second-order valence-electron chi connectivity index (χ2n) is 4.25. The largest absolute Gasteiger partial charge is 0.406 e. The molecule has 0 aliphatic rings. The molecule has 0 aromatic carbocycles. The third-order valence-corrected chi connectivity index (χ3v) is 2.71. The van der Waals surface area contributed by atoms with Gasteiger partial charge in [0.1, 0.15) is 12.4 Å². The summed E-state index contributed by atoms with van der Waals surface area (Å²) >= 11 is 5.82. The molecule has 20 heavy (non-hydrogen) atoms. The number of anilines is 1. The van der Waals surface area contributed by atoms with Gasteiger partial charge in [-0.25, -0.2) is 4.98 Å². The summed E-state index contributed by atoms with van der Waals surface area (Å²) < 4.78 is 36.8. The lowest BCUT2D eigenvalue weighted by atomic mass is 10.2. The molecule has 0 spiro atoms. The molecule has 112 valence electrons. The summed E-state index contributed by atoms with van der Waals surface area (Å²) in [7, 11) is 1.08. The van der Waals surface area contributed by atoms with Gasteiger partial charge in [-0.05, 0) is 12.5 Å². The summed E-state index contributed by atoms with van der Waals surface area (Å²) in [5.41, 5.74) is -0.00739. The van der Waals surface area contributed by atoms with Gasteiger partial charge in [0.05, 0.1) is 10.6 Å². The summed E-state index contributed by atoms with van der Waals surface area (Å²) in [5, 5.41) is 2.96. The summed E-state index contributed by atoms with van der Waals surface area (Å²) in [5.74, 6) is -0.394. The monoisotopic (exact) mass is 309 g/mol. The van der Waals surface area contributed by atoms with E-state index in [2.05, 4.69) is 10.3 Å². The van der Waals surface area contributed by atoms with Gasteiger partial charge in [-0.15, -0.1) is 0 Å². The molecule has 1 heterocycles. The summed E-state index contributed by atoms with van der Waals surface area (Å²) in [6, 6.07) is 1.35. The first-order valence-corrected chi connectivity index (χ1v) is 6.34. The average molecular weight is 310 g/mol. The van der Waals surface area contributed by atoms with Gasteiger partial charge in [0.25, 0.3) is 5.91 Å². The van der Waals surface area contributed by atoms with Gasteiger partial charge in [-0.1, -0.05) is 18.5 Å². The highest BCUT2D eigenvalue weighted by atomic mass is 35.5. The second kappa shape index (κ2) is 6.78. The maximum Gasteiger partial charge on any atom is 0.406 e. The normalized spacial score (nSPS) is 11.3. The van der Waals surface area contributed by atoms with Crippen LogP contribution in [0.2, 0.25) is 5.02 Å². The average Bonchev–Trinajstić information content (AvgIpc) is 2.35. The van der Waals surface area contributed by atoms with E-state index in [0.717, 1.165) is 13.5 Å². The van der Waals surface area contributed by atoms with E-state index in [9.17, 15) is 18.0 Å². The smallest absolute Gasteiger partial charge is 0.370 e. The minimum Gasteiger partial charge on any atom is -0.370 e. The fourth-order valence-corrected chi connectivity index (χ4v) is 1.68. The zero-order chi connectivity index (χ0) is 15.3. The number of hydrogen-bond donors (Lipinski definition) is 1. The Bertz CT molecular complexity index is 480. The second-order valence-corrected chi connectivity index (χ2v) is 4.66. The molecule has 0 aliphatic heterocycles.